The van der Waals surface area contributed by atoms with Crippen molar-refractivity contribution >= 4 is 38.8 Å². The Kier molecular flexibility index (Phi) is 2.86. The summed E-state index contributed by atoms with van der Waals surface area (Å²) < 4.78 is 1.01. The van der Waals surface area contributed by atoms with E-state index in [1.54, 1.807) is 23.5 Å². The summed E-state index contributed by atoms with van der Waals surface area (Å²) in [5, 5.41) is 3.47. The molecule has 0 bridgehead atoms. The van der Waals surface area contributed by atoms with Crippen LogP contribution in [-0.2, 0) is 0 Å². The van der Waals surface area contributed by atoms with Gasteiger partial charge in [0.25, 0.3) is 0 Å². The Morgan fingerprint density at radius 3 is 2.83 bits per heavy atom. The molecule has 0 fully saturated rings. The van der Waals surface area contributed by atoms with E-state index in [2.05, 4.69) is 4.98 Å². The van der Waals surface area contributed by atoms with E-state index in [1.807, 2.05) is 29.6 Å². The van der Waals surface area contributed by atoms with Crippen molar-refractivity contribution in [1.29, 1.82) is 0 Å². The number of carbonyl (C=O) groups is 1. The fourth-order valence-corrected chi connectivity index (χ4v) is 2.86. The summed E-state index contributed by atoms with van der Waals surface area (Å²) in [6, 6.07) is 11.1. The number of rotatable bonds is 2. The molecule has 88 valence electrons. The maximum Gasteiger partial charge on any atom is 0.196 e. The van der Waals surface area contributed by atoms with Gasteiger partial charge < -0.3 is 0 Å². The predicted octanol–water partition coefficient (Wildman–Crippen LogP) is 4.18. The minimum Gasteiger partial charge on any atom is -0.288 e. The van der Waals surface area contributed by atoms with Gasteiger partial charge in [-0.05, 0) is 35.0 Å². The second kappa shape index (κ2) is 4.52. The molecule has 0 aliphatic carbocycles. The van der Waals surface area contributed by atoms with Crippen molar-refractivity contribution in [3.05, 3.63) is 64.3 Å². The van der Waals surface area contributed by atoms with Crippen LogP contribution in [0.1, 0.15) is 15.9 Å². The number of hydrogen-bond donors (Lipinski definition) is 0. The molecule has 0 saturated carbocycles. The van der Waals surface area contributed by atoms with E-state index < -0.39 is 0 Å². The first kappa shape index (κ1) is 11.4. The molecule has 18 heavy (non-hydrogen) atoms. The molecule has 1 aromatic carbocycles. The summed E-state index contributed by atoms with van der Waals surface area (Å²) in [7, 11) is 0. The Hall–Kier alpha value is -1.71. The molecule has 2 nitrogen and oxygen atoms in total. The van der Waals surface area contributed by atoms with Crippen LogP contribution in [0, 0.1) is 0 Å². The third-order valence-corrected chi connectivity index (χ3v) is 3.90. The lowest BCUT2D eigenvalue weighted by molar-refractivity contribution is 0.104. The topological polar surface area (TPSA) is 30.0 Å². The normalized spacial score (nSPS) is 10.7. The average molecular weight is 274 g/mol. The second-order valence-corrected chi connectivity index (χ2v) is 5.15. The summed E-state index contributed by atoms with van der Waals surface area (Å²) in [5.41, 5.74) is 1.27. The number of halogens is 1. The Morgan fingerprint density at radius 2 is 2.06 bits per heavy atom. The highest BCUT2D eigenvalue weighted by atomic mass is 35.5. The molecule has 0 radical (unpaired) electrons. The SMILES string of the molecule is O=C(c1ccc(Cl)nc1)c1cccc2ccsc12. The van der Waals surface area contributed by atoms with Crippen molar-refractivity contribution in [2.75, 3.05) is 0 Å². The minimum atomic E-state index is -0.0211. The van der Waals surface area contributed by atoms with Gasteiger partial charge in [-0.3, -0.25) is 4.79 Å². The van der Waals surface area contributed by atoms with Crippen molar-refractivity contribution in [3.8, 4) is 0 Å². The van der Waals surface area contributed by atoms with Gasteiger partial charge in [-0.15, -0.1) is 11.3 Å². The molecule has 0 saturated heterocycles. The van der Waals surface area contributed by atoms with Crippen LogP contribution < -0.4 is 0 Å². The monoisotopic (exact) mass is 273 g/mol. The van der Waals surface area contributed by atoms with Crippen LogP contribution in [-0.4, -0.2) is 10.8 Å². The van der Waals surface area contributed by atoms with Crippen molar-refractivity contribution in [2.24, 2.45) is 0 Å². The number of fused-ring (bicyclic) bond motifs is 1. The number of hydrogen-bond acceptors (Lipinski definition) is 3. The van der Waals surface area contributed by atoms with E-state index >= 15 is 0 Å². The van der Waals surface area contributed by atoms with Crippen molar-refractivity contribution in [2.45, 2.75) is 0 Å². The molecule has 0 amide bonds. The van der Waals surface area contributed by atoms with Gasteiger partial charge in [0.05, 0.1) is 0 Å². The van der Waals surface area contributed by atoms with Crippen molar-refractivity contribution < 1.29 is 4.79 Å². The Labute approximate surface area is 113 Å². The molecule has 3 rings (SSSR count). The third kappa shape index (κ3) is 1.92. The number of ketones is 1. The molecule has 0 spiro atoms. The minimum absolute atomic E-state index is 0.0211. The molecule has 3 aromatic rings. The summed E-state index contributed by atoms with van der Waals surface area (Å²) in [4.78, 5) is 16.3. The molecule has 0 aliphatic heterocycles. The summed E-state index contributed by atoms with van der Waals surface area (Å²) in [6.45, 7) is 0. The quantitative estimate of drug-likeness (QED) is 0.518. The molecule has 0 unspecified atom stereocenters. The van der Waals surface area contributed by atoms with E-state index in [0.29, 0.717) is 16.3 Å². The third-order valence-electron chi connectivity index (χ3n) is 2.71. The number of carbonyl (C=O) groups excluding carboxylic acids is 1. The highest BCUT2D eigenvalue weighted by Crippen LogP contribution is 2.26. The first-order chi connectivity index (χ1) is 8.75. The maximum atomic E-state index is 12.4. The van der Waals surface area contributed by atoms with Crippen LogP contribution in [0.5, 0.6) is 0 Å². The Balaban J connectivity index is 2.12. The Bertz CT molecular complexity index is 718. The van der Waals surface area contributed by atoms with Crippen LogP contribution in [0.25, 0.3) is 10.1 Å². The first-order valence-corrected chi connectivity index (χ1v) is 6.64. The fourth-order valence-electron chi connectivity index (χ4n) is 1.84. The molecular formula is C14H8ClNOS. The number of pyridine rings is 1. The highest BCUT2D eigenvalue weighted by molar-refractivity contribution is 7.17. The van der Waals surface area contributed by atoms with E-state index in [0.717, 1.165) is 10.1 Å². The van der Waals surface area contributed by atoms with Gasteiger partial charge in [-0.1, -0.05) is 23.7 Å². The zero-order chi connectivity index (χ0) is 12.5. The molecular weight excluding hydrogens is 266 g/mol. The Morgan fingerprint density at radius 1 is 1.17 bits per heavy atom. The van der Waals surface area contributed by atoms with Crippen LogP contribution in [0.15, 0.2) is 48.0 Å². The van der Waals surface area contributed by atoms with E-state index in [-0.39, 0.29) is 5.78 Å². The number of aromatic nitrogens is 1. The standard InChI is InChI=1S/C14H8ClNOS/c15-12-5-4-10(8-16-12)13(17)11-3-1-2-9-6-7-18-14(9)11/h1-8H. The summed E-state index contributed by atoms with van der Waals surface area (Å²) in [5.74, 6) is -0.0211. The molecule has 2 aromatic heterocycles. The second-order valence-electron chi connectivity index (χ2n) is 3.84. The lowest BCUT2D eigenvalue weighted by Gasteiger charge is -2.02. The lowest BCUT2D eigenvalue weighted by Crippen LogP contribution is -2.01. The van der Waals surface area contributed by atoms with Gasteiger partial charge in [0.15, 0.2) is 5.78 Å². The van der Waals surface area contributed by atoms with Crippen LogP contribution >= 0.6 is 22.9 Å². The smallest absolute Gasteiger partial charge is 0.196 e. The predicted molar refractivity (Wildman–Crippen MR) is 74.5 cm³/mol. The number of nitrogens with zero attached hydrogens (tertiary/aromatic N) is 1. The van der Waals surface area contributed by atoms with Gasteiger partial charge in [0, 0.05) is 22.0 Å². The molecule has 0 aliphatic rings. The number of benzene rings is 1. The van der Waals surface area contributed by atoms with Crippen LogP contribution in [0.3, 0.4) is 0 Å². The van der Waals surface area contributed by atoms with Crippen LogP contribution in [0.2, 0.25) is 5.15 Å². The summed E-state index contributed by atoms with van der Waals surface area (Å²) in [6.07, 6.45) is 1.51. The summed E-state index contributed by atoms with van der Waals surface area (Å²) >= 11 is 7.29. The van der Waals surface area contributed by atoms with E-state index in [9.17, 15) is 4.79 Å². The molecule has 0 atom stereocenters. The van der Waals surface area contributed by atoms with Gasteiger partial charge in [0.2, 0.25) is 0 Å². The molecule has 2 heterocycles. The highest BCUT2D eigenvalue weighted by Gasteiger charge is 2.13. The average Bonchev–Trinajstić information content (AvgIpc) is 2.87. The van der Waals surface area contributed by atoms with Gasteiger partial charge in [-0.2, -0.15) is 0 Å². The number of thiophene rings is 1. The van der Waals surface area contributed by atoms with Gasteiger partial charge >= 0.3 is 0 Å². The lowest BCUT2D eigenvalue weighted by atomic mass is 10.0. The largest absolute Gasteiger partial charge is 0.288 e. The fraction of sp³-hybridized carbons (Fsp3) is 0. The van der Waals surface area contributed by atoms with Gasteiger partial charge in [-0.25, -0.2) is 4.98 Å². The molecule has 4 heteroatoms. The zero-order valence-corrected chi connectivity index (χ0v) is 10.8. The first-order valence-electron chi connectivity index (χ1n) is 5.38. The van der Waals surface area contributed by atoms with E-state index in [4.69, 9.17) is 11.6 Å². The maximum absolute atomic E-state index is 12.4. The van der Waals surface area contributed by atoms with Crippen LogP contribution in [0.4, 0.5) is 0 Å². The zero-order valence-electron chi connectivity index (χ0n) is 9.26. The van der Waals surface area contributed by atoms with Gasteiger partial charge in [0.1, 0.15) is 5.15 Å². The van der Waals surface area contributed by atoms with Crippen molar-refractivity contribution in [1.82, 2.24) is 4.98 Å². The molecule has 0 N–H and O–H groups in total. The van der Waals surface area contributed by atoms with E-state index in [1.165, 1.54) is 6.20 Å². The van der Waals surface area contributed by atoms with Crippen molar-refractivity contribution in [3.63, 3.8) is 0 Å².